The maximum absolute atomic E-state index is 2.42. The summed E-state index contributed by atoms with van der Waals surface area (Å²) < 4.78 is 0. The second-order valence-corrected chi connectivity index (χ2v) is 7.76. The zero-order valence-electron chi connectivity index (χ0n) is 23.0. The first-order chi connectivity index (χ1) is 12.2. The molecule has 1 rings (SSSR count). The van der Waals surface area contributed by atoms with Crippen molar-refractivity contribution in [2.75, 3.05) is 0 Å². The molecule has 0 aliphatic heterocycles. The second-order valence-electron chi connectivity index (χ2n) is 7.76. The average molecular weight is 604 g/mol. The van der Waals surface area contributed by atoms with Gasteiger partial charge < -0.3 is 0 Å². The fourth-order valence-corrected chi connectivity index (χ4v) is 2.18. The van der Waals surface area contributed by atoms with E-state index in [1.54, 1.807) is 0 Å². The average Bonchev–Trinajstić information content (AvgIpc) is 2.98. The zero-order valence-corrected chi connectivity index (χ0v) is 25.3. The van der Waals surface area contributed by atoms with E-state index >= 15 is 0 Å². The Balaban J connectivity index is -0.0000000261. The van der Waals surface area contributed by atoms with E-state index in [4.69, 9.17) is 0 Å². The molecule has 0 spiro atoms. The van der Waals surface area contributed by atoms with Crippen molar-refractivity contribution in [3.05, 3.63) is 0 Å². The van der Waals surface area contributed by atoms with Gasteiger partial charge in [-0.25, -0.2) is 0 Å². The van der Waals surface area contributed by atoms with Crippen molar-refractivity contribution in [2.24, 2.45) is 29.6 Å². The van der Waals surface area contributed by atoms with Crippen LogP contribution in [0.15, 0.2) is 0 Å². The topological polar surface area (TPSA) is 0 Å². The van der Waals surface area contributed by atoms with Gasteiger partial charge in [0, 0.05) is 21.1 Å². The SMILES string of the molecule is C.C.CC.CC.CC.CC.CC(C)C.CC(C)C.CC(C)CC1CCCC1C.[Pt]. The van der Waals surface area contributed by atoms with Gasteiger partial charge in [0.25, 0.3) is 0 Å². The third kappa shape index (κ3) is 94.7. The van der Waals surface area contributed by atoms with Crippen LogP contribution in [0.5, 0.6) is 0 Å². The molecule has 0 N–H and O–H groups in total. The van der Waals surface area contributed by atoms with Crippen LogP contribution in [0.2, 0.25) is 0 Å². The minimum absolute atomic E-state index is 0. The summed E-state index contributed by atoms with van der Waals surface area (Å²) in [5.41, 5.74) is 0. The van der Waals surface area contributed by atoms with Crippen molar-refractivity contribution in [1.29, 1.82) is 0 Å². The summed E-state index contributed by atoms with van der Waals surface area (Å²) in [6, 6.07) is 0. The van der Waals surface area contributed by atoms with Crippen LogP contribution in [0.3, 0.4) is 0 Å². The van der Waals surface area contributed by atoms with Gasteiger partial charge >= 0.3 is 0 Å². The predicted molar refractivity (Wildman–Crippen MR) is 146 cm³/mol. The number of hydrogen-bond acceptors (Lipinski definition) is 0. The van der Waals surface area contributed by atoms with E-state index in [0.717, 1.165) is 29.6 Å². The van der Waals surface area contributed by atoms with Gasteiger partial charge in [0.2, 0.25) is 0 Å². The molecule has 0 heterocycles. The number of hydrogen-bond donors (Lipinski definition) is 0. The minimum atomic E-state index is 0. The van der Waals surface area contributed by atoms with E-state index in [1.807, 2.05) is 55.4 Å². The van der Waals surface area contributed by atoms with Gasteiger partial charge in [0.1, 0.15) is 0 Å². The molecule has 0 aromatic rings. The van der Waals surface area contributed by atoms with Crippen LogP contribution in [0.1, 0.15) is 158 Å². The van der Waals surface area contributed by atoms with E-state index in [-0.39, 0.29) is 35.9 Å². The smallest absolute Gasteiger partial charge is 0 e. The van der Waals surface area contributed by atoms with Crippen LogP contribution >= 0.6 is 0 Å². The van der Waals surface area contributed by atoms with E-state index in [2.05, 4.69) is 62.3 Å². The summed E-state index contributed by atoms with van der Waals surface area (Å²) in [7, 11) is 0. The van der Waals surface area contributed by atoms with E-state index in [0.29, 0.717) is 0 Å². The molecule has 1 fully saturated rings. The number of rotatable bonds is 2. The zero-order chi connectivity index (χ0) is 22.7. The summed E-state index contributed by atoms with van der Waals surface area (Å²) in [6.45, 7) is 36.1. The monoisotopic (exact) mass is 604 g/mol. The van der Waals surface area contributed by atoms with Gasteiger partial charge in [-0.2, -0.15) is 0 Å². The Morgan fingerprint density at radius 2 is 0.828 bits per heavy atom. The molecule has 2 atom stereocenters. The largest absolute Gasteiger partial charge is 0.0776 e. The molecule has 194 valence electrons. The fraction of sp³-hybridized carbons (Fsp3) is 1.00. The Hall–Kier alpha value is 0.688. The second kappa shape index (κ2) is 56.7. The molecule has 0 aromatic carbocycles. The van der Waals surface area contributed by atoms with Crippen molar-refractivity contribution in [3.63, 3.8) is 0 Å². The van der Waals surface area contributed by atoms with Crippen molar-refractivity contribution in [1.82, 2.24) is 0 Å². The van der Waals surface area contributed by atoms with Crippen molar-refractivity contribution in [3.8, 4) is 0 Å². The molecule has 0 bridgehead atoms. The van der Waals surface area contributed by atoms with Gasteiger partial charge in [-0.1, -0.05) is 152 Å². The van der Waals surface area contributed by atoms with Crippen molar-refractivity contribution in [2.45, 2.75) is 158 Å². The van der Waals surface area contributed by atoms with Crippen LogP contribution in [-0.2, 0) is 21.1 Å². The van der Waals surface area contributed by atoms with Gasteiger partial charge in [0.05, 0.1) is 0 Å². The van der Waals surface area contributed by atoms with E-state index < -0.39 is 0 Å². The summed E-state index contributed by atoms with van der Waals surface area (Å²) in [5.74, 6) is 4.65. The standard InChI is InChI=1S/C10H20.2C4H10.4C2H6.2CH4.Pt/c1-8(2)7-10-6-4-5-9(10)3;2*1-4(2)3;4*1-2;;;/h8-10H,4-7H2,1-3H3;2*4H,1-3H3;4*1-2H3;2*1H4;. The quantitative estimate of drug-likeness (QED) is 0.294. The third-order valence-electron chi connectivity index (χ3n) is 2.81. The molecule has 0 saturated heterocycles. The molecular formula is C28H72Pt. The molecule has 0 nitrogen and oxygen atoms in total. The maximum atomic E-state index is 2.42. The van der Waals surface area contributed by atoms with Gasteiger partial charge in [-0.05, 0) is 36.0 Å². The van der Waals surface area contributed by atoms with E-state index in [9.17, 15) is 0 Å². The van der Waals surface area contributed by atoms with Crippen molar-refractivity contribution < 1.29 is 21.1 Å². The van der Waals surface area contributed by atoms with Gasteiger partial charge in [-0.3, -0.25) is 0 Å². The Morgan fingerprint density at radius 1 is 0.586 bits per heavy atom. The minimum Gasteiger partial charge on any atom is -0.0776 e. The summed E-state index contributed by atoms with van der Waals surface area (Å²) in [6.07, 6.45) is 5.93. The molecule has 0 radical (unpaired) electrons. The first-order valence-electron chi connectivity index (χ1n) is 12.2. The predicted octanol–water partition coefficient (Wildman–Crippen LogP) is 12.2. The van der Waals surface area contributed by atoms with Gasteiger partial charge in [-0.15, -0.1) is 0 Å². The molecular weight excluding hydrogens is 531 g/mol. The first-order valence-corrected chi connectivity index (χ1v) is 12.2. The van der Waals surface area contributed by atoms with Crippen LogP contribution in [0.4, 0.5) is 0 Å². The fourth-order valence-electron chi connectivity index (χ4n) is 2.18. The van der Waals surface area contributed by atoms with Crippen LogP contribution in [0.25, 0.3) is 0 Å². The van der Waals surface area contributed by atoms with Gasteiger partial charge in [0.15, 0.2) is 0 Å². The molecule has 1 aliphatic carbocycles. The first kappa shape index (κ1) is 57.1. The molecule has 29 heavy (non-hydrogen) atoms. The summed E-state index contributed by atoms with van der Waals surface area (Å²) >= 11 is 0. The Labute approximate surface area is 208 Å². The Bertz CT molecular complexity index is 150. The molecule has 1 heteroatoms. The van der Waals surface area contributed by atoms with Crippen molar-refractivity contribution >= 4 is 0 Å². The molecule has 0 aromatic heterocycles. The summed E-state index contributed by atoms with van der Waals surface area (Å²) in [5, 5.41) is 0. The molecule has 2 unspecified atom stereocenters. The van der Waals surface area contributed by atoms with Crippen LogP contribution in [-0.4, -0.2) is 0 Å². The summed E-state index contributed by atoms with van der Waals surface area (Å²) in [4.78, 5) is 0. The Morgan fingerprint density at radius 3 is 0.966 bits per heavy atom. The molecule has 0 amide bonds. The third-order valence-corrected chi connectivity index (χ3v) is 2.81. The van der Waals surface area contributed by atoms with Crippen LogP contribution < -0.4 is 0 Å². The molecule has 1 aliphatic rings. The van der Waals surface area contributed by atoms with E-state index in [1.165, 1.54) is 25.7 Å². The Kier molecular flexibility index (Phi) is 112. The van der Waals surface area contributed by atoms with Crippen LogP contribution in [0, 0.1) is 29.6 Å². The normalized spacial score (nSPS) is 14.9. The maximum Gasteiger partial charge on any atom is 0 e. The molecule has 1 saturated carbocycles.